The van der Waals surface area contributed by atoms with Gasteiger partial charge in [0.05, 0.1) is 0 Å². The summed E-state index contributed by atoms with van der Waals surface area (Å²) in [5.74, 6) is 0.166. The van der Waals surface area contributed by atoms with Crippen LogP contribution in [0.4, 0.5) is 0 Å². The summed E-state index contributed by atoms with van der Waals surface area (Å²) in [6.45, 7) is 6.07. The van der Waals surface area contributed by atoms with Crippen molar-refractivity contribution in [2.24, 2.45) is 0 Å². The second kappa shape index (κ2) is 7.29. The van der Waals surface area contributed by atoms with Gasteiger partial charge in [0.1, 0.15) is 0 Å². The van der Waals surface area contributed by atoms with E-state index in [1.165, 1.54) is 0 Å². The van der Waals surface area contributed by atoms with Crippen molar-refractivity contribution in [1.82, 2.24) is 10.6 Å². The molecular formula is C15H21ClN2O2. The number of rotatable bonds is 5. The molecule has 4 nitrogen and oxygen atoms in total. The van der Waals surface area contributed by atoms with E-state index >= 15 is 0 Å². The van der Waals surface area contributed by atoms with E-state index in [9.17, 15) is 9.59 Å². The highest BCUT2D eigenvalue weighted by Crippen LogP contribution is 2.06. The second-order valence-electron chi connectivity index (χ2n) is 5.63. The minimum atomic E-state index is -0.252. The number of carbonyl (C=O) groups excluding carboxylic acids is 2. The van der Waals surface area contributed by atoms with Crippen LogP contribution in [0.1, 0.15) is 43.1 Å². The zero-order chi connectivity index (χ0) is 15.2. The third kappa shape index (κ3) is 6.06. The van der Waals surface area contributed by atoms with Crippen molar-refractivity contribution in [2.75, 3.05) is 6.54 Å². The maximum Gasteiger partial charge on any atom is 0.251 e. The summed E-state index contributed by atoms with van der Waals surface area (Å²) < 4.78 is 0. The van der Waals surface area contributed by atoms with Gasteiger partial charge in [-0.1, -0.05) is 12.1 Å². The monoisotopic (exact) mass is 296 g/mol. The number of benzene rings is 1. The van der Waals surface area contributed by atoms with Crippen molar-refractivity contribution < 1.29 is 9.59 Å². The Labute approximate surface area is 124 Å². The summed E-state index contributed by atoms with van der Waals surface area (Å²) in [4.78, 5) is 23.4. The molecular weight excluding hydrogens is 276 g/mol. The van der Waals surface area contributed by atoms with Crippen LogP contribution in [-0.4, -0.2) is 23.9 Å². The summed E-state index contributed by atoms with van der Waals surface area (Å²) in [7, 11) is 0. The molecule has 0 radical (unpaired) electrons. The van der Waals surface area contributed by atoms with Crippen LogP contribution >= 0.6 is 11.6 Å². The molecule has 2 N–H and O–H groups in total. The first kappa shape index (κ1) is 16.5. The van der Waals surface area contributed by atoms with Crippen LogP contribution < -0.4 is 10.6 Å². The molecule has 0 atom stereocenters. The van der Waals surface area contributed by atoms with Gasteiger partial charge < -0.3 is 10.6 Å². The van der Waals surface area contributed by atoms with Gasteiger partial charge in [0, 0.05) is 29.9 Å². The van der Waals surface area contributed by atoms with E-state index in [2.05, 4.69) is 10.6 Å². The molecule has 0 aliphatic heterocycles. The third-order valence-electron chi connectivity index (χ3n) is 2.52. The average molecular weight is 297 g/mol. The van der Waals surface area contributed by atoms with Gasteiger partial charge in [0.2, 0.25) is 5.91 Å². The molecule has 0 aliphatic carbocycles. The molecule has 0 saturated carbocycles. The number of hydrogen-bond acceptors (Lipinski definition) is 2. The van der Waals surface area contributed by atoms with E-state index in [1.807, 2.05) is 32.9 Å². The minimum Gasteiger partial charge on any atom is -0.352 e. The molecule has 0 aromatic heterocycles. The second-order valence-corrected chi connectivity index (χ2v) is 5.90. The van der Waals surface area contributed by atoms with Crippen molar-refractivity contribution >= 4 is 23.4 Å². The lowest BCUT2D eigenvalue weighted by Gasteiger charge is -2.20. The number of alkyl halides is 1. The first-order valence-corrected chi connectivity index (χ1v) is 7.09. The number of amides is 2. The van der Waals surface area contributed by atoms with Gasteiger partial charge in [-0.3, -0.25) is 9.59 Å². The molecule has 0 bridgehead atoms. The lowest BCUT2D eigenvalue weighted by atomic mass is 10.1. The smallest absolute Gasteiger partial charge is 0.251 e. The first-order chi connectivity index (χ1) is 9.31. The fourth-order valence-electron chi connectivity index (χ4n) is 1.62. The average Bonchev–Trinajstić information content (AvgIpc) is 2.36. The fraction of sp³-hybridized carbons (Fsp3) is 0.467. The number of nitrogens with one attached hydrogen (secondary N) is 2. The van der Waals surface area contributed by atoms with E-state index in [0.717, 1.165) is 5.56 Å². The quantitative estimate of drug-likeness (QED) is 0.820. The van der Waals surface area contributed by atoms with Crippen molar-refractivity contribution in [3.05, 3.63) is 35.4 Å². The van der Waals surface area contributed by atoms with Crippen molar-refractivity contribution in [3.8, 4) is 0 Å². The molecule has 0 spiro atoms. The van der Waals surface area contributed by atoms with Crippen molar-refractivity contribution in [2.45, 2.75) is 38.6 Å². The Kier molecular flexibility index (Phi) is 6.02. The lowest BCUT2D eigenvalue weighted by molar-refractivity contribution is -0.122. The molecule has 2 amide bonds. The minimum absolute atomic E-state index is 0.0738. The molecule has 0 heterocycles. The van der Waals surface area contributed by atoms with E-state index in [1.54, 1.807) is 12.1 Å². The Morgan fingerprint density at radius 2 is 1.75 bits per heavy atom. The van der Waals surface area contributed by atoms with Gasteiger partial charge in [-0.05, 0) is 38.5 Å². The standard InChI is InChI=1S/C15H21ClN2O2/c1-15(2,3)18-13(19)8-9-17-14(20)12-6-4-11(10-16)5-7-12/h4-7H,8-10H2,1-3H3,(H,17,20)(H,18,19). The van der Waals surface area contributed by atoms with Crippen LogP contribution in [0.5, 0.6) is 0 Å². The first-order valence-electron chi connectivity index (χ1n) is 6.56. The molecule has 1 rings (SSSR count). The summed E-state index contributed by atoms with van der Waals surface area (Å²) in [5.41, 5.74) is 1.28. The highest BCUT2D eigenvalue weighted by atomic mass is 35.5. The lowest BCUT2D eigenvalue weighted by Crippen LogP contribution is -2.41. The number of halogens is 1. The molecule has 20 heavy (non-hydrogen) atoms. The summed E-state index contributed by atoms with van der Waals surface area (Å²) in [6, 6.07) is 7.08. The molecule has 0 unspecified atom stereocenters. The zero-order valence-corrected chi connectivity index (χ0v) is 12.9. The highest BCUT2D eigenvalue weighted by Gasteiger charge is 2.13. The molecule has 5 heteroatoms. The molecule has 0 saturated heterocycles. The van der Waals surface area contributed by atoms with Gasteiger partial charge in [-0.15, -0.1) is 11.6 Å². The molecule has 110 valence electrons. The highest BCUT2D eigenvalue weighted by molar-refractivity contribution is 6.17. The summed E-state index contributed by atoms with van der Waals surface area (Å²) in [6.07, 6.45) is 0.267. The van der Waals surface area contributed by atoms with Crippen LogP contribution in [0, 0.1) is 0 Å². The maximum atomic E-state index is 11.8. The van der Waals surface area contributed by atoms with Gasteiger partial charge in [0.15, 0.2) is 0 Å². The van der Waals surface area contributed by atoms with Crippen LogP contribution in [0.3, 0.4) is 0 Å². The predicted molar refractivity (Wildman–Crippen MR) is 80.8 cm³/mol. The Bertz CT molecular complexity index is 464. The number of hydrogen-bond donors (Lipinski definition) is 2. The van der Waals surface area contributed by atoms with E-state index in [-0.39, 0.29) is 23.8 Å². The Balaban J connectivity index is 2.38. The topological polar surface area (TPSA) is 58.2 Å². The number of carbonyl (C=O) groups is 2. The predicted octanol–water partition coefficient (Wildman–Crippen LogP) is 2.46. The zero-order valence-electron chi connectivity index (χ0n) is 12.1. The van der Waals surface area contributed by atoms with Gasteiger partial charge in [-0.25, -0.2) is 0 Å². The SMILES string of the molecule is CC(C)(C)NC(=O)CCNC(=O)c1ccc(CCl)cc1. The van der Waals surface area contributed by atoms with Gasteiger partial charge in [-0.2, -0.15) is 0 Å². The van der Waals surface area contributed by atoms with Crippen LogP contribution in [0.2, 0.25) is 0 Å². The maximum absolute atomic E-state index is 11.8. The van der Waals surface area contributed by atoms with Gasteiger partial charge >= 0.3 is 0 Å². The molecule has 1 aromatic carbocycles. The third-order valence-corrected chi connectivity index (χ3v) is 2.83. The van der Waals surface area contributed by atoms with E-state index < -0.39 is 0 Å². The fourth-order valence-corrected chi connectivity index (χ4v) is 1.80. The van der Waals surface area contributed by atoms with Crippen molar-refractivity contribution in [3.63, 3.8) is 0 Å². The Morgan fingerprint density at radius 1 is 1.15 bits per heavy atom. The Morgan fingerprint density at radius 3 is 2.25 bits per heavy atom. The molecule has 0 aliphatic rings. The van der Waals surface area contributed by atoms with E-state index in [4.69, 9.17) is 11.6 Å². The Hall–Kier alpha value is -1.55. The van der Waals surface area contributed by atoms with E-state index in [0.29, 0.717) is 18.0 Å². The largest absolute Gasteiger partial charge is 0.352 e. The van der Waals surface area contributed by atoms with Crippen LogP contribution in [-0.2, 0) is 10.7 Å². The van der Waals surface area contributed by atoms with Crippen molar-refractivity contribution in [1.29, 1.82) is 0 Å². The van der Waals surface area contributed by atoms with Gasteiger partial charge in [0.25, 0.3) is 5.91 Å². The summed E-state index contributed by atoms with van der Waals surface area (Å²) in [5, 5.41) is 5.56. The molecule has 1 aromatic rings. The summed E-state index contributed by atoms with van der Waals surface area (Å²) >= 11 is 5.69. The normalized spacial score (nSPS) is 11.0. The van der Waals surface area contributed by atoms with Crippen LogP contribution in [0.15, 0.2) is 24.3 Å². The molecule has 0 fully saturated rings. The van der Waals surface area contributed by atoms with Crippen LogP contribution in [0.25, 0.3) is 0 Å².